The maximum absolute atomic E-state index is 13.6. The zero-order valence-corrected chi connectivity index (χ0v) is 10.1. The molecule has 1 aliphatic rings. The molecule has 0 unspecified atom stereocenters. The number of aliphatic carboxylic acids is 1. The largest absolute Gasteiger partial charge is 0.503 e. The maximum Gasteiger partial charge on any atom is 0.323 e. The zero-order valence-electron chi connectivity index (χ0n) is 10.1. The van der Waals surface area contributed by atoms with Crippen molar-refractivity contribution in [1.82, 2.24) is 4.90 Å². The van der Waals surface area contributed by atoms with E-state index in [1.54, 1.807) is 0 Å². The van der Waals surface area contributed by atoms with Gasteiger partial charge in [-0.3, -0.25) is 9.59 Å². The molecule has 1 amide bonds. The van der Waals surface area contributed by atoms with Gasteiger partial charge in [-0.15, -0.1) is 0 Å². The number of hydrogen-bond donors (Lipinski definition) is 2. The lowest BCUT2D eigenvalue weighted by Gasteiger charge is -2.20. The number of carboxylic acids is 1. The smallest absolute Gasteiger partial charge is 0.323 e. The van der Waals surface area contributed by atoms with E-state index in [1.807, 2.05) is 0 Å². The first kappa shape index (κ1) is 14.2. The van der Waals surface area contributed by atoms with Gasteiger partial charge in [-0.25, -0.2) is 8.78 Å². The van der Waals surface area contributed by atoms with Gasteiger partial charge < -0.3 is 15.1 Å². The van der Waals surface area contributed by atoms with Crippen molar-refractivity contribution in [3.63, 3.8) is 0 Å². The molecule has 1 fully saturated rings. The number of rotatable bonds is 4. The van der Waals surface area contributed by atoms with Crippen LogP contribution in [0.2, 0.25) is 0 Å². The highest BCUT2D eigenvalue weighted by Crippen LogP contribution is 2.31. The third kappa shape index (κ3) is 2.54. The first-order valence-electron chi connectivity index (χ1n) is 5.72. The second kappa shape index (κ2) is 5.03. The van der Waals surface area contributed by atoms with Gasteiger partial charge in [-0.05, 0) is 18.9 Å². The summed E-state index contributed by atoms with van der Waals surface area (Å²) in [7, 11) is 0. The molecule has 108 valence electrons. The zero-order chi connectivity index (χ0) is 15.0. The van der Waals surface area contributed by atoms with Gasteiger partial charge in [0.1, 0.15) is 6.54 Å². The lowest BCUT2D eigenvalue weighted by molar-refractivity contribution is -0.137. The number of nitrogens with zero attached hydrogens (tertiary/aromatic N) is 1. The molecule has 2 N–H and O–H groups in total. The number of benzene rings is 1. The van der Waals surface area contributed by atoms with Crippen LogP contribution in [0.1, 0.15) is 23.2 Å². The number of carbonyl (C=O) groups excluding carboxylic acids is 1. The van der Waals surface area contributed by atoms with Gasteiger partial charge >= 0.3 is 5.97 Å². The fourth-order valence-electron chi connectivity index (χ4n) is 1.80. The summed E-state index contributed by atoms with van der Waals surface area (Å²) in [6.45, 7) is -0.678. The van der Waals surface area contributed by atoms with E-state index < -0.39 is 47.2 Å². The number of carboxylic acid groups (broad SMARTS) is 1. The Morgan fingerprint density at radius 1 is 1.25 bits per heavy atom. The standard InChI is InChI=1S/C12H10F3NO4/c13-7-3-6(9(14)11(19)10(7)15)12(20)16(4-8(17)18)5-1-2-5/h3,5,19H,1-2,4H2,(H,17,18). The van der Waals surface area contributed by atoms with Crippen molar-refractivity contribution in [2.75, 3.05) is 6.54 Å². The predicted molar refractivity (Wildman–Crippen MR) is 59.7 cm³/mol. The molecule has 20 heavy (non-hydrogen) atoms. The molecule has 0 atom stereocenters. The molecule has 2 rings (SSSR count). The average molecular weight is 289 g/mol. The highest BCUT2D eigenvalue weighted by Gasteiger charge is 2.36. The summed E-state index contributed by atoms with van der Waals surface area (Å²) in [5, 5.41) is 17.8. The highest BCUT2D eigenvalue weighted by atomic mass is 19.2. The van der Waals surface area contributed by atoms with E-state index in [4.69, 9.17) is 10.2 Å². The van der Waals surface area contributed by atoms with E-state index in [-0.39, 0.29) is 6.04 Å². The van der Waals surface area contributed by atoms with Crippen LogP contribution in [0.3, 0.4) is 0 Å². The third-order valence-electron chi connectivity index (χ3n) is 2.92. The molecule has 0 aromatic heterocycles. The first-order valence-corrected chi connectivity index (χ1v) is 5.72. The molecule has 0 saturated heterocycles. The van der Waals surface area contributed by atoms with E-state index in [1.165, 1.54) is 0 Å². The second-order valence-electron chi connectivity index (χ2n) is 4.44. The Morgan fingerprint density at radius 3 is 2.35 bits per heavy atom. The summed E-state index contributed by atoms with van der Waals surface area (Å²) in [6, 6.07) is -0.0579. The van der Waals surface area contributed by atoms with Crippen LogP contribution in [0, 0.1) is 17.5 Å². The molecule has 1 aromatic rings. The molecular weight excluding hydrogens is 279 g/mol. The van der Waals surface area contributed by atoms with Gasteiger partial charge in [-0.1, -0.05) is 0 Å². The van der Waals surface area contributed by atoms with Gasteiger partial charge in [-0.2, -0.15) is 4.39 Å². The topological polar surface area (TPSA) is 77.8 Å². The van der Waals surface area contributed by atoms with E-state index >= 15 is 0 Å². The van der Waals surface area contributed by atoms with Crippen molar-refractivity contribution < 1.29 is 33.0 Å². The van der Waals surface area contributed by atoms with E-state index in [0.717, 1.165) is 4.90 Å². The summed E-state index contributed by atoms with van der Waals surface area (Å²) in [4.78, 5) is 23.6. The van der Waals surface area contributed by atoms with Gasteiger partial charge in [0.15, 0.2) is 17.4 Å². The van der Waals surface area contributed by atoms with Crippen LogP contribution >= 0.6 is 0 Å². The lowest BCUT2D eigenvalue weighted by Crippen LogP contribution is -2.38. The van der Waals surface area contributed by atoms with E-state index in [2.05, 4.69) is 0 Å². The van der Waals surface area contributed by atoms with E-state index in [9.17, 15) is 22.8 Å². The molecule has 1 aromatic carbocycles. The number of phenols is 1. The van der Waals surface area contributed by atoms with Crippen molar-refractivity contribution in [3.05, 3.63) is 29.1 Å². The predicted octanol–water partition coefficient (Wildman–Crippen LogP) is 1.50. The van der Waals surface area contributed by atoms with Crippen LogP contribution in [0.25, 0.3) is 0 Å². The second-order valence-corrected chi connectivity index (χ2v) is 4.44. The minimum absolute atomic E-state index is 0.309. The molecular formula is C12H10F3NO4. The normalized spacial score (nSPS) is 14.2. The molecule has 0 heterocycles. The lowest BCUT2D eigenvalue weighted by atomic mass is 10.1. The number of amides is 1. The van der Waals surface area contributed by atoms with E-state index in [0.29, 0.717) is 18.9 Å². The fraction of sp³-hybridized carbons (Fsp3) is 0.333. The van der Waals surface area contributed by atoms with Crippen LogP contribution in [0.15, 0.2) is 6.07 Å². The van der Waals surface area contributed by atoms with Crippen molar-refractivity contribution in [2.45, 2.75) is 18.9 Å². The fourth-order valence-corrected chi connectivity index (χ4v) is 1.80. The minimum Gasteiger partial charge on any atom is -0.503 e. The van der Waals surface area contributed by atoms with Crippen molar-refractivity contribution in [2.24, 2.45) is 0 Å². The molecule has 0 radical (unpaired) electrons. The minimum atomic E-state index is -1.80. The number of aromatic hydroxyl groups is 1. The van der Waals surface area contributed by atoms with Crippen molar-refractivity contribution in [3.8, 4) is 5.75 Å². The molecule has 5 nitrogen and oxygen atoms in total. The van der Waals surface area contributed by atoms with Gasteiger partial charge in [0.05, 0.1) is 5.56 Å². The third-order valence-corrected chi connectivity index (χ3v) is 2.92. The molecule has 8 heteroatoms. The summed E-state index contributed by atoms with van der Waals surface area (Å²) in [6.07, 6.45) is 1.10. The quantitative estimate of drug-likeness (QED) is 0.823. The molecule has 1 aliphatic carbocycles. The van der Waals surface area contributed by atoms with Crippen LogP contribution < -0.4 is 0 Å². The van der Waals surface area contributed by atoms with Gasteiger partial charge in [0.2, 0.25) is 5.82 Å². The Kier molecular flexibility index (Phi) is 3.56. The number of halogens is 3. The Bertz CT molecular complexity index is 587. The van der Waals surface area contributed by atoms with Crippen LogP contribution in [0.5, 0.6) is 5.75 Å². The SMILES string of the molecule is O=C(O)CN(C(=O)c1cc(F)c(F)c(O)c1F)C1CC1. The first-order chi connectivity index (χ1) is 9.32. The number of carbonyl (C=O) groups is 2. The summed E-state index contributed by atoms with van der Waals surface area (Å²) < 4.78 is 39.7. The Labute approximate surface area is 111 Å². The average Bonchev–Trinajstić information content (AvgIpc) is 3.21. The van der Waals surface area contributed by atoms with Crippen molar-refractivity contribution >= 4 is 11.9 Å². The number of hydrogen-bond acceptors (Lipinski definition) is 3. The van der Waals surface area contributed by atoms with Crippen molar-refractivity contribution in [1.29, 1.82) is 0 Å². The highest BCUT2D eigenvalue weighted by molar-refractivity contribution is 5.97. The monoisotopic (exact) mass is 289 g/mol. The van der Waals surface area contributed by atoms with Crippen LogP contribution in [0.4, 0.5) is 13.2 Å². The maximum atomic E-state index is 13.6. The van der Waals surface area contributed by atoms with Gasteiger partial charge in [0.25, 0.3) is 5.91 Å². The Morgan fingerprint density at radius 2 is 1.85 bits per heavy atom. The molecule has 1 saturated carbocycles. The molecule has 0 aliphatic heterocycles. The summed E-state index contributed by atoms with van der Waals surface area (Å²) in [5.74, 6) is -8.99. The molecule has 0 spiro atoms. The number of phenolic OH excluding ortho intramolecular Hbond substituents is 1. The Hall–Kier alpha value is -2.25. The molecule has 0 bridgehead atoms. The summed E-state index contributed by atoms with van der Waals surface area (Å²) in [5.41, 5.74) is -0.894. The van der Waals surface area contributed by atoms with Crippen LogP contribution in [-0.2, 0) is 4.79 Å². The van der Waals surface area contributed by atoms with Gasteiger partial charge in [0, 0.05) is 6.04 Å². The summed E-state index contributed by atoms with van der Waals surface area (Å²) >= 11 is 0. The Balaban J connectivity index is 2.39. The van der Waals surface area contributed by atoms with Crippen LogP contribution in [-0.4, -0.2) is 39.6 Å².